The first kappa shape index (κ1) is 35.7. The summed E-state index contributed by atoms with van der Waals surface area (Å²) in [6.07, 6.45) is 0. The standard InChI is InChI=1S/Al.2Cr.Fe. The Morgan fingerprint density at radius 1 is 0.750 bits per heavy atom. The van der Waals surface area contributed by atoms with Crippen LogP contribution in [-0.2, 0) is 51.8 Å². The average Bonchev–Trinajstić information content (AvgIpc) is 0. The van der Waals surface area contributed by atoms with Crippen molar-refractivity contribution in [2.45, 2.75) is 0 Å². The molecule has 4 heteroatoms. The second kappa shape index (κ2) is 19.4. The van der Waals surface area contributed by atoms with Gasteiger partial charge in [-0.05, 0) is 0 Å². The fourth-order valence-corrected chi connectivity index (χ4v) is 0. The monoisotopic (exact) mass is 187 g/mol. The van der Waals surface area contributed by atoms with Crippen LogP contribution >= 0.6 is 0 Å². The molecule has 23 valence electrons. The molecule has 0 saturated heterocycles. The van der Waals surface area contributed by atoms with Gasteiger partial charge in [-0.2, -0.15) is 0 Å². The van der Waals surface area contributed by atoms with Crippen molar-refractivity contribution in [1.29, 1.82) is 0 Å². The molecule has 0 atom stereocenters. The van der Waals surface area contributed by atoms with Gasteiger partial charge in [-0.1, -0.05) is 0 Å². The summed E-state index contributed by atoms with van der Waals surface area (Å²) in [4.78, 5) is 0. The summed E-state index contributed by atoms with van der Waals surface area (Å²) in [6.45, 7) is 0. The summed E-state index contributed by atoms with van der Waals surface area (Å²) in [7, 11) is 0. The zero-order chi connectivity index (χ0) is 0. The Labute approximate surface area is 68.6 Å². The molecule has 0 bridgehead atoms. The van der Waals surface area contributed by atoms with Crippen LogP contribution in [-0.4, -0.2) is 17.4 Å². The van der Waals surface area contributed by atoms with E-state index in [-0.39, 0.29) is 69.2 Å². The minimum atomic E-state index is 0. The van der Waals surface area contributed by atoms with Crippen LogP contribution in [0, 0.1) is 0 Å². The zero-order valence-corrected chi connectivity index (χ0v) is 6.56. The molecule has 0 aromatic heterocycles. The molecule has 0 aromatic carbocycles. The predicted octanol–water partition coefficient (Wildman–Crippen LogP) is -0.388. The molecule has 0 saturated carbocycles. The van der Waals surface area contributed by atoms with Gasteiger partial charge in [-0.3, -0.25) is 0 Å². The Bertz CT molecular complexity index is 6.00. The molecule has 0 heterocycles. The molecular weight excluding hydrogens is 187 g/mol. The van der Waals surface area contributed by atoms with Crippen LogP contribution in [0.2, 0.25) is 0 Å². The summed E-state index contributed by atoms with van der Waals surface area (Å²) in [5.74, 6) is 0. The van der Waals surface area contributed by atoms with Gasteiger partial charge in [0.1, 0.15) is 0 Å². The molecule has 0 unspecified atom stereocenters. The minimum Gasteiger partial charge on any atom is 0 e. The maximum Gasteiger partial charge on any atom is 0 e. The van der Waals surface area contributed by atoms with E-state index in [2.05, 4.69) is 0 Å². The van der Waals surface area contributed by atoms with Gasteiger partial charge < -0.3 is 0 Å². The summed E-state index contributed by atoms with van der Waals surface area (Å²) in [6, 6.07) is 0. The van der Waals surface area contributed by atoms with Gasteiger partial charge in [-0.25, -0.2) is 0 Å². The molecular formula is AlCr2Fe. The zero-order valence-electron chi connectivity index (χ0n) is 1.75. The molecule has 0 aromatic rings. The van der Waals surface area contributed by atoms with Crippen molar-refractivity contribution in [1.82, 2.24) is 0 Å². The summed E-state index contributed by atoms with van der Waals surface area (Å²) in [5.41, 5.74) is 0. The van der Waals surface area contributed by atoms with E-state index in [1.165, 1.54) is 0 Å². The number of hydrogen-bond donors (Lipinski definition) is 0. The first-order chi connectivity index (χ1) is 0. The van der Waals surface area contributed by atoms with Gasteiger partial charge in [0.25, 0.3) is 0 Å². The molecule has 0 rings (SSSR count). The van der Waals surface area contributed by atoms with Crippen molar-refractivity contribution in [3.63, 3.8) is 0 Å². The Kier molecular flexibility index (Phi) is 173. The van der Waals surface area contributed by atoms with Crippen LogP contribution in [0.25, 0.3) is 0 Å². The van der Waals surface area contributed by atoms with Gasteiger partial charge >= 0.3 is 0 Å². The molecule has 0 spiro atoms. The van der Waals surface area contributed by atoms with Crippen LogP contribution in [0.4, 0.5) is 0 Å². The van der Waals surface area contributed by atoms with E-state index in [0.717, 1.165) is 0 Å². The maximum absolute atomic E-state index is 0. The van der Waals surface area contributed by atoms with Crippen molar-refractivity contribution >= 4 is 17.4 Å². The molecule has 3 radical (unpaired) electrons. The maximum atomic E-state index is 0. The Hall–Kier alpha value is 2.12. The molecule has 0 nitrogen and oxygen atoms in total. The Morgan fingerprint density at radius 3 is 0.750 bits per heavy atom. The van der Waals surface area contributed by atoms with Crippen molar-refractivity contribution in [3.8, 4) is 0 Å². The van der Waals surface area contributed by atoms with Gasteiger partial charge in [0.05, 0.1) is 0 Å². The van der Waals surface area contributed by atoms with E-state index in [9.17, 15) is 0 Å². The summed E-state index contributed by atoms with van der Waals surface area (Å²) >= 11 is 0. The quantitative estimate of drug-likeness (QED) is 0.453. The Morgan fingerprint density at radius 2 is 0.750 bits per heavy atom. The summed E-state index contributed by atoms with van der Waals surface area (Å²) in [5, 5.41) is 0. The third-order valence-electron chi connectivity index (χ3n) is 0. The van der Waals surface area contributed by atoms with Gasteiger partial charge in [0.15, 0.2) is 0 Å². The van der Waals surface area contributed by atoms with Crippen LogP contribution in [0.15, 0.2) is 0 Å². The summed E-state index contributed by atoms with van der Waals surface area (Å²) < 4.78 is 0. The van der Waals surface area contributed by atoms with Crippen molar-refractivity contribution in [2.24, 2.45) is 0 Å². The molecule has 0 aliphatic heterocycles. The molecule has 0 amide bonds. The third-order valence-corrected chi connectivity index (χ3v) is 0. The normalized spacial score (nSPS) is 0. The van der Waals surface area contributed by atoms with Crippen molar-refractivity contribution < 1.29 is 51.8 Å². The van der Waals surface area contributed by atoms with E-state index in [0.29, 0.717) is 0 Å². The van der Waals surface area contributed by atoms with E-state index >= 15 is 0 Å². The fourth-order valence-electron chi connectivity index (χ4n) is 0. The average molecular weight is 187 g/mol. The van der Waals surface area contributed by atoms with Crippen molar-refractivity contribution in [2.75, 3.05) is 0 Å². The van der Waals surface area contributed by atoms with E-state index in [1.54, 1.807) is 0 Å². The third kappa shape index (κ3) is 8.93. The van der Waals surface area contributed by atoms with E-state index in [1.807, 2.05) is 0 Å². The van der Waals surface area contributed by atoms with Crippen molar-refractivity contribution in [3.05, 3.63) is 0 Å². The van der Waals surface area contributed by atoms with Crippen LogP contribution in [0.1, 0.15) is 0 Å². The van der Waals surface area contributed by atoms with Crippen LogP contribution in [0.5, 0.6) is 0 Å². The van der Waals surface area contributed by atoms with Crippen LogP contribution in [0.3, 0.4) is 0 Å². The molecule has 0 aliphatic rings. The first-order valence-corrected chi connectivity index (χ1v) is 0. The first-order valence-electron chi connectivity index (χ1n) is 0. The van der Waals surface area contributed by atoms with Crippen LogP contribution < -0.4 is 0 Å². The molecule has 0 fully saturated rings. The Balaban J connectivity index is 0. The van der Waals surface area contributed by atoms with Gasteiger partial charge in [0.2, 0.25) is 0 Å². The van der Waals surface area contributed by atoms with Gasteiger partial charge in [-0.15, -0.1) is 0 Å². The van der Waals surface area contributed by atoms with E-state index in [4.69, 9.17) is 0 Å². The topological polar surface area (TPSA) is 0 Å². The second-order valence-corrected chi connectivity index (χ2v) is 0. The smallest absolute Gasteiger partial charge is 0 e. The minimum absolute atomic E-state index is 0. The molecule has 0 N–H and O–H groups in total. The SMILES string of the molecule is [Al].[Cr].[Cr].[Fe]. The second-order valence-electron chi connectivity index (χ2n) is 0. The molecule has 4 heavy (non-hydrogen) atoms. The molecule has 0 aliphatic carbocycles. The van der Waals surface area contributed by atoms with Gasteiger partial charge in [0, 0.05) is 69.2 Å². The largest absolute Gasteiger partial charge is 0 e. The predicted molar refractivity (Wildman–Crippen MR) is 5.75 cm³/mol. The van der Waals surface area contributed by atoms with E-state index < -0.39 is 0 Å². The number of rotatable bonds is 0. The number of hydrogen-bond acceptors (Lipinski definition) is 0. The fraction of sp³-hybridized carbons (Fsp3) is 0.